The van der Waals surface area contributed by atoms with Gasteiger partial charge >= 0.3 is 12.3 Å². The van der Waals surface area contributed by atoms with Crippen molar-refractivity contribution in [3.8, 4) is 0 Å². The van der Waals surface area contributed by atoms with Gasteiger partial charge in [-0.15, -0.1) is 0 Å². The molecule has 1 aromatic heterocycles. The third-order valence-corrected chi connectivity index (χ3v) is 7.39. The summed E-state index contributed by atoms with van der Waals surface area (Å²) in [6.07, 6.45) is -3.86. The lowest BCUT2D eigenvalue weighted by molar-refractivity contribution is -0.200. The summed E-state index contributed by atoms with van der Waals surface area (Å²) in [6, 6.07) is 4.41. The van der Waals surface area contributed by atoms with E-state index in [0.717, 1.165) is 45.7 Å². The molecule has 1 aromatic carbocycles. The van der Waals surface area contributed by atoms with Crippen molar-refractivity contribution in [2.45, 2.75) is 77.7 Å². The van der Waals surface area contributed by atoms with E-state index in [9.17, 15) is 18.0 Å². The van der Waals surface area contributed by atoms with Gasteiger partial charge < -0.3 is 14.6 Å². The summed E-state index contributed by atoms with van der Waals surface area (Å²) in [5, 5.41) is 1.27. The molecule has 1 spiro atoms. The fourth-order valence-electron chi connectivity index (χ4n) is 5.39. The number of hydrogen-bond acceptors (Lipinski definition) is 3. The number of carbonyl (C=O) groups is 1. The smallest absolute Gasteiger partial charge is 0.425 e. The molecule has 0 radical (unpaired) electrons. The van der Waals surface area contributed by atoms with E-state index in [4.69, 9.17) is 0 Å². The van der Waals surface area contributed by atoms with Crippen molar-refractivity contribution in [1.82, 2.24) is 14.8 Å². The van der Waals surface area contributed by atoms with Crippen LogP contribution in [0.25, 0.3) is 10.9 Å². The van der Waals surface area contributed by atoms with Crippen LogP contribution in [0.3, 0.4) is 0 Å². The van der Waals surface area contributed by atoms with E-state index in [1.807, 2.05) is 0 Å². The van der Waals surface area contributed by atoms with Crippen LogP contribution in [-0.2, 0) is 11.3 Å². The van der Waals surface area contributed by atoms with E-state index in [2.05, 4.69) is 47.5 Å². The number of rotatable bonds is 3. The van der Waals surface area contributed by atoms with Crippen LogP contribution >= 0.6 is 0 Å². The molecular formula is C24H32F3N3O2. The van der Waals surface area contributed by atoms with Crippen LogP contribution < -0.4 is 0 Å². The van der Waals surface area contributed by atoms with Crippen molar-refractivity contribution in [3.05, 3.63) is 34.5 Å². The number of alkyl halides is 3. The molecule has 2 fully saturated rings. The minimum Gasteiger partial charge on any atom is -0.437 e. The van der Waals surface area contributed by atoms with Crippen LogP contribution in [0.2, 0.25) is 0 Å². The number of nitrogens with one attached hydrogen (secondary N) is 1. The van der Waals surface area contributed by atoms with Crippen molar-refractivity contribution in [1.29, 1.82) is 0 Å². The van der Waals surface area contributed by atoms with Gasteiger partial charge in [0.2, 0.25) is 0 Å². The largest absolute Gasteiger partial charge is 0.437 e. The van der Waals surface area contributed by atoms with E-state index in [1.54, 1.807) is 0 Å². The molecule has 2 aliphatic heterocycles. The lowest BCUT2D eigenvalue weighted by Gasteiger charge is -2.45. The Balaban J connectivity index is 1.45. The maximum Gasteiger partial charge on any atom is 0.425 e. The van der Waals surface area contributed by atoms with Gasteiger partial charge in [0.1, 0.15) is 0 Å². The highest BCUT2D eigenvalue weighted by molar-refractivity contribution is 5.87. The molecule has 2 aromatic rings. The first kappa shape index (κ1) is 23.0. The van der Waals surface area contributed by atoms with E-state index in [1.165, 1.54) is 38.2 Å². The van der Waals surface area contributed by atoms with Crippen LogP contribution in [0.5, 0.6) is 0 Å². The number of hydrogen-bond donors (Lipinski definition) is 1. The minimum atomic E-state index is -4.54. The Morgan fingerprint density at radius 3 is 2.50 bits per heavy atom. The fraction of sp³-hybridized carbons (Fsp3) is 0.625. The van der Waals surface area contributed by atoms with E-state index in [-0.39, 0.29) is 5.54 Å². The lowest BCUT2D eigenvalue weighted by Crippen LogP contribution is -2.53. The number of amides is 1. The molecular weight excluding hydrogens is 419 g/mol. The molecule has 5 nitrogen and oxygen atoms in total. The van der Waals surface area contributed by atoms with E-state index < -0.39 is 18.4 Å². The minimum absolute atomic E-state index is 0.0128. The highest BCUT2D eigenvalue weighted by atomic mass is 19.4. The Bertz CT molecular complexity index is 1010. The third-order valence-electron chi connectivity index (χ3n) is 7.39. The topological polar surface area (TPSA) is 48.6 Å². The van der Waals surface area contributed by atoms with Crippen molar-refractivity contribution >= 4 is 17.0 Å². The Hall–Kier alpha value is -2.22. The summed E-state index contributed by atoms with van der Waals surface area (Å²) in [7, 11) is 0. The predicted molar refractivity (Wildman–Crippen MR) is 118 cm³/mol. The fourth-order valence-corrected chi connectivity index (χ4v) is 5.39. The van der Waals surface area contributed by atoms with Crippen molar-refractivity contribution in [2.24, 2.45) is 0 Å². The maximum atomic E-state index is 12.7. The highest BCUT2D eigenvalue weighted by Crippen LogP contribution is 2.40. The highest BCUT2D eigenvalue weighted by Gasteiger charge is 2.45. The quantitative estimate of drug-likeness (QED) is 0.660. The Morgan fingerprint density at radius 1 is 1.16 bits per heavy atom. The Morgan fingerprint density at radius 2 is 1.84 bits per heavy atom. The number of carbonyl (C=O) groups excluding carboxylic acids is 1. The average Bonchev–Trinajstić information content (AvgIpc) is 3.24. The average molecular weight is 452 g/mol. The van der Waals surface area contributed by atoms with E-state index in [0.29, 0.717) is 13.1 Å². The number of piperidine rings is 1. The first-order valence-electron chi connectivity index (χ1n) is 11.4. The zero-order chi connectivity index (χ0) is 23.3. The Labute approximate surface area is 186 Å². The van der Waals surface area contributed by atoms with E-state index >= 15 is 0 Å². The van der Waals surface area contributed by atoms with Gasteiger partial charge in [0.25, 0.3) is 0 Å². The SMILES string of the molecule is Cc1cc(C)c2[nH]c(CN3CCCC34CCN(C(=O)OC(C)C(F)(F)F)CC4)c(C)c2c1. The monoisotopic (exact) mass is 451 g/mol. The molecule has 1 atom stereocenters. The number of aromatic nitrogens is 1. The summed E-state index contributed by atoms with van der Waals surface area (Å²) >= 11 is 0. The number of benzene rings is 1. The van der Waals surface area contributed by atoms with Gasteiger partial charge in [0.05, 0.1) is 0 Å². The standard InChI is InChI=1S/C24H32F3N3O2/c1-15-12-16(2)21-19(13-15)17(3)20(28-21)14-30-9-5-6-23(30)7-10-29(11-8-23)22(31)32-18(4)24(25,26)27/h12-13,18,28H,5-11,14H2,1-4H3. The number of aryl methyl sites for hydroxylation is 3. The lowest BCUT2D eigenvalue weighted by atomic mass is 9.85. The number of H-pyrrole nitrogens is 1. The number of halogens is 3. The molecule has 1 unspecified atom stereocenters. The number of nitrogens with zero attached hydrogens (tertiary/aromatic N) is 2. The summed E-state index contributed by atoms with van der Waals surface area (Å²) in [5.74, 6) is 0. The zero-order valence-electron chi connectivity index (χ0n) is 19.2. The van der Waals surface area contributed by atoms with Gasteiger partial charge in [-0.05, 0) is 77.1 Å². The first-order valence-corrected chi connectivity index (χ1v) is 11.4. The summed E-state index contributed by atoms with van der Waals surface area (Å²) in [5.41, 5.74) is 6.16. The second-order valence-corrected chi connectivity index (χ2v) is 9.54. The maximum absolute atomic E-state index is 12.7. The van der Waals surface area contributed by atoms with Crippen LogP contribution in [0.4, 0.5) is 18.0 Å². The van der Waals surface area contributed by atoms with Crippen LogP contribution in [0.1, 0.15) is 55.0 Å². The molecule has 176 valence electrons. The van der Waals surface area contributed by atoms with Gasteiger partial charge in [-0.25, -0.2) is 4.79 Å². The van der Waals surface area contributed by atoms with Crippen molar-refractivity contribution < 1.29 is 22.7 Å². The first-order chi connectivity index (χ1) is 15.0. The second kappa shape index (κ2) is 8.28. The van der Waals surface area contributed by atoms with Gasteiger partial charge in [0, 0.05) is 41.8 Å². The molecule has 0 aliphatic carbocycles. The summed E-state index contributed by atoms with van der Waals surface area (Å²) in [4.78, 5) is 19.8. The van der Waals surface area contributed by atoms with Crippen molar-refractivity contribution in [3.63, 3.8) is 0 Å². The molecule has 1 N–H and O–H groups in total. The van der Waals surface area contributed by atoms with Crippen molar-refractivity contribution in [2.75, 3.05) is 19.6 Å². The number of fused-ring (bicyclic) bond motifs is 1. The molecule has 0 saturated carbocycles. The van der Waals surface area contributed by atoms with Crippen LogP contribution in [-0.4, -0.2) is 58.3 Å². The Kier molecular flexibility index (Phi) is 5.94. The van der Waals surface area contributed by atoms with Gasteiger partial charge in [-0.3, -0.25) is 4.90 Å². The molecule has 1 amide bonds. The molecule has 8 heteroatoms. The van der Waals surface area contributed by atoms with Gasteiger partial charge in [0.15, 0.2) is 6.10 Å². The zero-order valence-corrected chi connectivity index (χ0v) is 19.2. The molecule has 2 aliphatic rings. The van der Waals surface area contributed by atoms with Gasteiger partial charge in [-0.2, -0.15) is 13.2 Å². The molecule has 32 heavy (non-hydrogen) atoms. The normalized spacial score (nSPS) is 20.3. The third kappa shape index (κ3) is 4.21. The number of likely N-dealkylation sites (tertiary alicyclic amines) is 2. The van der Waals surface area contributed by atoms with Crippen LogP contribution in [0, 0.1) is 20.8 Å². The van der Waals surface area contributed by atoms with Gasteiger partial charge in [-0.1, -0.05) is 11.6 Å². The number of aromatic amines is 1. The summed E-state index contributed by atoms with van der Waals surface area (Å²) in [6.45, 7) is 9.91. The van der Waals surface area contributed by atoms with Crippen LogP contribution in [0.15, 0.2) is 12.1 Å². The molecule has 4 rings (SSSR count). The second-order valence-electron chi connectivity index (χ2n) is 9.54. The molecule has 2 saturated heterocycles. The molecule has 0 bridgehead atoms. The summed E-state index contributed by atoms with van der Waals surface area (Å²) < 4.78 is 42.8. The molecule has 3 heterocycles. The predicted octanol–water partition coefficient (Wildman–Crippen LogP) is 5.61. The number of ether oxygens (including phenoxy) is 1.